The minimum absolute atomic E-state index is 0.00356. The topological polar surface area (TPSA) is 132 Å². The molecule has 0 fully saturated rings. The zero-order chi connectivity index (χ0) is 19.7. The van der Waals surface area contributed by atoms with Crippen LogP contribution in [0.5, 0.6) is 11.5 Å². The average Bonchev–Trinajstić information content (AvgIpc) is 3.00. The molecule has 1 aromatic heterocycles. The van der Waals surface area contributed by atoms with E-state index in [1.54, 1.807) is 0 Å². The van der Waals surface area contributed by atoms with Gasteiger partial charge in [0, 0.05) is 13.1 Å². The number of carboxylic acids is 1. The molecule has 10 nitrogen and oxygen atoms in total. The Bertz CT molecular complexity index is 933. The first-order chi connectivity index (χ1) is 12.8. The van der Waals surface area contributed by atoms with Gasteiger partial charge >= 0.3 is 5.97 Å². The van der Waals surface area contributed by atoms with E-state index in [-0.39, 0.29) is 53.9 Å². The Balaban J connectivity index is 1.89. The molecular formula is C17H16N2O8. The maximum Gasteiger partial charge on any atom is 0.339 e. The predicted molar refractivity (Wildman–Crippen MR) is 90.3 cm³/mol. The van der Waals surface area contributed by atoms with Crippen LogP contribution in [0.25, 0.3) is 0 Å². The van der Waals surface area contributed by atoms with E-state index in [9.17, 15) is 19.7 Å². The van der Waals surface area contributed by atoms with Crippen molar-refractivity contribution in [2.75, 3.05) is 20.3 Å². The number of fused-ring (bicyclic) bond motifs is 1. The van der Waals surface area contributed by atoms with Gasteiger partial charge in [0.15, 0.2) is 11.5 Å². The zero-order valence-corrected chi connectivity index (χ0v) is 14.6. The number of nitro benzene ring substituents is 1. The first-order valence-electron chi connectivity index (χ1n) is 7.94. The molecule has 1 aliphatic heterocycles. The van der Waals surface area contributed by atoms with E-state index in [1.165, 1.54) is 31.0 Å². The van der Waals surface area contributed by atoms with Crippen LogP contribution in [0.4, 0.5) is 5.69 Å². The lowest BCUT2D eigenvalue weighted by Crippen LogP contribution is -2.27. The van der Waals surface area contributed by atoms with Gasteiger partial charge in [-0.15, -0.1) is 0 Å². The van der Waals surface area contributed by atoms with Gasteiger partial charge in [-0.2, -0.15) is 0 Å². The normalized spacial score (nSPS) is 12.5. The Morgan fingerprint density at radius 3 is 2.37 bits per heavy atom. The summed E-state index contributed by atoms with van der Waals surface area (Å²) in [5, 5.41) is 20.4. The van der Waals surface area contributed by atoms with Crippen molar-refractivity contribution >= 4 is 17.6 Å². The van der Waals surface area contributed by atoms with Crippen LogP contribution in [0.2, 0.25) is 0 Å². The van der Waals surface area contributed by atoms with Crippen LogP contribution < -0.4 is 9.47 Å². The quantitative estimate of drug-likeness (QED) is 0.620. The third-order valence-electron chi connectivity index (χ3n) is 4.03. The second-order valence-corrected chi connectivity index (χ2v) is 5.92. The van der Waals surface area contributed by atoms with Crippen molar-refractivity contribution in [3.63, 3.8) is 0 Å². The molecule has 0 radical (unpaired) electrons. The van der Waals surface area contributed by atoms with E-state index in [1.807, 2.05) is 0 Å². The zero-order valence-electron chi connectivity index (χ0n) is 14.6. The highest BCUT2D eigenvalue weighted by atomic mass is 16.6. The average molecular weight is 376 g/mol. The molecule has 0 saturated carbocycles. The Hall–Kier alpha value is -3.56. The van der Waals surface area contributed by atoms with Gasteiger partial charge in [-0.05, 0) is 13.0 Å². The summed E-state index contributed by atoms with van der Waals surface area (Å²) >= 11 is 0. The molecule has 10 heteroatoms. The van der Waals surface area contributed by atoms with Crippen molar-refractivity contribution in [2.45, 2.75) is 13.5 Å². The monoisotopic (exact) mass is 376 g/mol. The molecule has 1 amide bonds. The molecule has 0 bridgehead atoms. The SMILES string of the molecule is Cc1oc(CN(C)C(=O)c2cc3c(cc2[N+](=O)[O-])OCCO3)cc1C(=O)O. The fraction of sp³-hybridized carbons (Fsp3) is 0.294. The summed E-state index contributed by atoms with van der Waals surface area (Å²) in [6, 6.07) is 3.76. The first-order valence-corrected chi connectivity index (χ1v) is 7.94. The number of aromatic carboxylic acids is 1. The fourth-order valence-corrected chi connectivity index (χ4v) is 2.75. The molecule has 0 unspecified atom stereocenters. The molecule has 27 heavy (non-hydrogen) atoms. The van der Waals surface area contributed by atoms with Gasteiger partial charge in [-0.1, -0.05) is 0 Å². The number of hydrogen-bond donors (Lipinski definition) is 1. The van der Waals surface area contributed by atoms with Crippen LogP contribution in [0, 0.1) is 17.0 Å². The summed E-state index contributed by atoms with van der Waals surface area (Å²) in [6.07, 6.45) is 0. The third-order valence-corrected chi connectivity index (χ3v) is 4.03. The number of carboxylic acid groups (broad SMARTS) is 1. The van der Waals surface area contributed by atoms with Crippen molar-refractivity contribution in [2.24, 2.45) is 0 Å². The number of amides is 1. The van der Waals surface area contributed by atoms with Crippen LogP contribution in [-0.4, -0.2) is 47.1 Å². The minimum atomic E-state index is -1.14. The molecule has 1 N–H and O–H groups in total. The highest BCUT2D eigenvalue weighted by molar-refractivity contribution is 5.99. The van der Waals surface area contributed by atoms with Crippen LogP contribution in [0.1, 0.15) is 32.2 Å². The Morgan fingerprint density at radius 1 is 1.19 bits per heavy atom. The number of carbonyl (C=O) groups excluding carboxylic acids is 1. The maximum atomic E-state index is 12.8. The van der Waals surface area contributed by atoms with E-state index in [0.29, 0.717) is 0 Å². The van der Waals surface area contributed by atoms with E-state index >= 15 is 0 Å². The van der Waals surface area contributed by atoms with E-state index < -0.39 is 22.5 Å². The van der Waals surface area contributed by atoms with Crippen molar-refractivity contribution in [1.82, 2.24) is 4.90 Å². The molecule has 1 aliphatic rings. The maximum absolute atomic E-state index is 12.8. The van der Waals surface area contributed by atoms with Gasteiger partial charge in [-0.3, -0.25) is 14.9 Å². The number of rotatable bonds is 5. The molecule has 2 aromatic rings. The molecule has 0 saturated heterocycles. The fourth-order valence-electron chi connectivity index (χ4n) is 2.75. The summed E-state index contributed by atoms with van der Waals surface area (Å²) in [5.74, 6) is -0.848. The number of furan rings is 1. The highest BCUT2D eigenvalue weighted by Crippen LogP contribution is 2.37. The molecule has 142 valence electrons. The van der Waals surface area contributed by atoms with Gasteiger partial charge in [0.2, 0.25) is 0 Å². The van der Waals surface area contributed by atoms with Crippen molar-refractivity contribution in [1.29, 1.82) is 0 Å². The van der Waals surface area contributed by atoms with Crippen LogP contribution >= 0.6 is 0 Å². The first kappa shape index (κ1) is 18.2. The predicted octanol–water partition coefficient (Wildman–Crippen LogP) is 2.24. The summed E-state index contributed by atoms with van der Waals surface area (Å²) in [4.78, 5) is 35.7. The van der Waals surface area contributed by atoms with Crippen molar-refractivity contribution in [3.05, 3.63) is 51.0 Å². The number of carbonyl (C=O) groups is 2. The molecular weight excluding hydrogens is 360 g/mol. The minimum Gasteiger partial charge on any atom is -0.486 e. The summed E-state index contributed by atoms with van der Waals surface area (Å²) in [5.41, 5.74) is -0.567. The standard InChI is InChI=1S/C17H16N2O8/c1-9-11(17(21)22)5-10(27-9)8-18(2)16(20)12-6-14-15(26-4-3-25-14)7-13(12)19(23)24/h5-7H,3-4,8H2,1-2H3,(H,21,22). The van der Waals surface area contributed by atoms with Gasteiger partial charge in [0.1, 0.15) is 35.9 Å². The van der Waals surface area contributed by atoms with E-state index in [4.69, 9.17) is 19.0 Å². The van der Waals surface area contributed by atoms with Crippen LogP contribution in [-0.2, 0) is 6.54 Å². The summed E-state index contributed by atoms with van der Waals surface area (Å²) < 4.78 is 16.1. The summed E-state index contributed by atoms with van der Waals surface area (Å²) in [6.45, 7) is 1.98. The second-order valence-electron chi connectivity index (χ2n) is 5.92. The smallest absolute Gasteiger partial charge is 0.339 e. The van der Waals surface area contributed by atoms with Crippen LogP contribution in [0.3, 0.4) is 0 Å². The Morgan fingerprint density at radius 2 is 1.81 bits per heavy atom. The van der Waals surface area contributed by atoms with Gasteiger partial charge in [-0.25, -0.2) is 4.79 Å². The third kappa shape index (κ3) is 3.54. The lowest BCUT2D eigenvalue weighted by atomic mass is 10.1. The molecule has 0 atom stereocenters. The molecule has 2 heterocycles. The number of hydrogen-bond acceptors (Lipinski definition) is 7. The number of nitrogens with zero attached hydrogens (tertiary/aromatic N) is 2. The van der Waals surface area contributed by atoms with Crippen molar-refractivity contribution in [3.8, 4) is 11.5 Å². The molecule has 0 spiro atoms. The Kier molecular flexibility index (Phi) is 4.72. The van der Waals surface area contributed by atoms with Gasteiger partial charge in [0.05, 0.1) is 17.5 Å². The van der Waals surface area contributed by atoms with Gasteiger partial charge in [0.25, 0.3) is 11.6 Å². The largest absolute Gasteiger partial charge is 0.486 e. The Labute approximate surface area is 153 Å². The van der Waals surface area contributed by atoms with E-state index in [0.717, 1.165) is 6.07 Å². The molecule has 1 aromatic carbocycles. The highest BCUT2D eigenvalue weighted by Gasteiger charge is 2.28. The lowest BCUT2D eigenvalue weighted by molar-refractivity contribution is -0.385. The number of ether oxygens (including phenoxy) is 2. The number of nitro groups is 1. The van der Waals surface area contributed by atoms with E-state index in [2.05, 4.69) is 0 Å². The lowest BCUT2D eigenvalue weighted by Gasteiger charge is -2.20. The number of benzene rings is 1. The second kappa shape index (κ2) is 6.98. The molecule has 3 rings (SSSR count). The van der Waals surface area contributed by atoms with Crippen molar-refractivity contribution < 1.29 is 33.5 Å². The summed E-state index contributed by atoms with van der Waals surface area (Å²) in [7, 11) is 1.43. The van der Waals surface area contributed by atoms with Crippen LogP contribution in [0.15, 0.2) is 22.6 Å². The van der Waals surface area contributed by atoms with Gasteiger partial charge < -0.3 is 23.9 Å². The molecule has 0 aliphatic carbocycles. The number of aryl methyl sites for hydroxylation is 1.